The fourth-order valence-corrected chi connectivity index (χ4v) is 1.86. The number of nitrogens with zero attached hydrogens (tertiary/aromatic N) is 1. The smallest absolute Gasteiger partial charge is 0.262 e. The van der Waals surface area contributed by atoms with E-state index >= 15 is 0 Å². The summed E-state index contributed by atoms with van der Waals surface area (Å²) in [6, 6.07) is 8.29. The first-order valence-electron chi connectivity index (χ1n) is 6.00. The summed E-state index contributed by atoms with van der Waals surface area (Å²) in [4.78, 5) is 27.2. The molecule has 0 saturated carbocycles. The first kappa shape index (κ1) is 12.2. The van der Waals surface area contributed by atoms with Gasteiger partial charge in [-0.2, -0.15) is 0 Å². The van der Waals surface area contributed by atoms with Gasteiger partial charge < -0.3 is 15.4 Å². The number of fused-ring (bicyclic) bond motifs is 1. The van der Waals surface area contributed by atoms with Crippen molar-refractivity contribution in [1.29, 1.82) is 0 Å². The summed E-state index contributed by atoms with van der Waals surface area (Å²) in [5.74, 6) is 0.0630. The van der Waals surface area contributed by atoms with Crippen molar-refractivity contribution in [2.75, 3.05) is 17.2 Å². The number of amides is 2. The van der Waals surface area contributed by atoms with Gasteiger partial charge in [0.1, 0.15) is 5.75 Å². The lowest BCUT2D eigenvalue weighted by molar-refractivity contribution is -0.118. The summed E-state index contributed by atoms with van der Waals surface area (Å²) in [5, 5.41) is 5.41. The molecule has 1 aromatic heterocycles. The highest BCUT2D eigenvalue weighted by molar-refractivity contribution is 6.06. The van der Waals surface area contributed by atoms with E-state index in [0.717, 1.165) is 0 Å². The van der Waals surface area contributed by atoms with Crippen molar-refractivity contribution >= 4 is 23.2 Å². The number of anilines is 2. The van der Waals surface area contributed by atoms with E-state index in [0.29, 0.717) is 22.7 Å². The second kappa shape index (κ2) is 5.00. The number of carbonyl (C=O) groups is 2. The molecular formula is C14H11N3O3. The zero-order chi connectivity index (χ0) is 13.9. The fourth-order valence-electron chi connectivity index (χ4n) is 1.86. The molecule has 0 atom stereocenters. The second-order valence-corrected chi connectivity index (χ2v) is 4.24. The number of nitrogens with one attached hydrogen (secondary N) is 2. The molecule has 0 aliphatic carbocycles. The quantitative estimate of drug-likeness (QED) is 0.869. The Morgan fingerprint density at radius 2 is 2.05 bits per heavy atom. The summed E-state index contributed by atoms with van der Waals surface area (Å²) >= 11 is 0. The van der Waals surface area contributed by atoms with Crippen molar-refractivity contribution in [3.05, 3.63) is 48.3 Å². The van der Waals surface area contributed by atoms with E-state index in [-0.39, 0.29) is 18.4 Å². The average Bonchev–Trinajstić information content (AvgIpc) is 2.47. The third kappa shape index (κ3) is 2.44. The van der Waals surface area contributed by atoms with Crippen molar-refractivity contribution in [3.8, 4) is 5.75 Å². The molecule has 0 radical (unpaired) electrons. The Morgan fingerprint density at radius 1 is 1.25 bits per heavy atom. The van der Waals surface area contributed by atoms with E-state index in [1.807, 2.05) is 0 Å². The Bertz CT molecular complexity index is 671. The zero-order valence-corrected chi connectivity index (χ0v) is 10.4. The Kier molecular flexibility index (Phi) is 3.04. The van der Waals surface area contributed by atoms with Gasteiger partial charge in [-0.15, -0.1) is 0 Å². The van der Waals surface area contributed by atoms with Gasteiger partial charge in [-0.1, -0.05) is 0 Å². The second-order valence-electron chi connectivity index (χ2n) is 4.24. The highest BCUT2D eigenvalue weighted by Gasteiger charge is 2.17. The molecule has 0 saturated heterocycles. The standard InChI is InChI=1S/C14H11N3O3/c18-13-8-20-12-2-1-9(7-11(12)17-13)14(19)16-10-3-5-15-6-4-10/h1-7H,8H2,(H,17,18)(H,15,16,19). The zero-order valence-electron chi connectivity index (χ0n) is 10.4. The van der Waals surface area contributed by atoms with Crippen molar-refractivity contribution in [1.82, 2.24) is 4.98 Å². The van der Waals surface area contributed by atoms with Gasteiger partial charge in [-0.3, -0.25) is 14.6 Å². The SMILES string of the molecule is O=C1COc2ccc(C(=O)Nc3ccncc3)cc2N1. The first-order chi connectivity index (χ1) is 9.72. The van der Waals surface area contributed by atoms with Gasteiger partial charge in [0, 0.05) is 23.6 Å². The van der Waals surface area contributed by atoms with Crippen LogP contribution in [0.25, 0.3) is 0 Å². The predicted molar refractivity (Wildman–Crippen MR) is 72.8 cm³/mol. The number of pyridine rings is 1. The van der Waals surface area contributed by atoms with Crippen LogP contribution in [-0.4, -0.2) is 23.4 Å². The van der Waals surface area contributed by atoms with Crippen LogP contribution in [0, 0.1) is 0 Å². The molecule has 2 heterocycles. The minimum atomic E-state index is -0.265. The maximum Gasteiger partial charge on any atom is 0.262 e. The van der Waals surface area contributed by atoms with Crippen molar-refractivity contribution < 1.29 is 14.3 Å². The third-order valence-corrected chi connectivity index (χ3v) is 2.81. The van der Waals surface area contributed by atoms with Crippen LogP contribution in [0.1, 0.15) is 10.4 Å². The van der Waals surface area contributed by atoms with Gasteiger partial charge in [-0.25, -0.2) is 0 Å². The monoisotopic (exact) mass is 269 g/mol. The molecule has 6 nitrogen and oxygen atoms in total. The molecule has 0 fully saturated rings. The van der Waals surface area contributed by atoms with Crippen LogP contribution in [0.2, 0.25) is 0 Å². The summed E-state index contributed by atoms with van der Waals surface area (Å²) in [6.45, 7) is -0.00441. The van der Waals surface area contributed by atoms with Gasteiger partial charge in [0.15, 0.2) is 6.61 Å². The van der Waals surface area contributed by atoms with Crippen LogP contribution in [0.4, 0.5) is 11.4 Å². The van der Waals surface area contributed by atoms with Crippen molar-refractivity contribution in [3.63, 3.8) is 0 Å². The topological polar surface area (TPSA) is 80.3 Å². The van der Waals surface area contributed by atoms with Crippen LogP contribution >= 0.6 is 0 Å². The third-order valence-electron chi connectivity index (χ3n) is 2.81. The lowest BCUT2D eigenvalue weighted by Crippen LogP contribution is -2.25. The summed E-state index contributed by atoms with van der Waals surface area (Å²) in [5.41, 5.74) is 1.60. The molecule has 1 aliphatic rings. The largest absolute Gasteiger partial charge is 0.482 e. The molecule has 6 heteroatoms. The van der Waals surface area contributed by atoms with Crippen molar-refractivity contribution in [2.24, 2.45) is 0 Å². The van der Waals surface area contributed by atoms with Gasteiger partial charge in [0.25, 0.3) is 11.8 Å². The van der Waals surface area contributed by atoms with Crippen LogP contribution in [-0.2, 0) is 4.79 Å². The van der Waals surface area contributed by atoms with Gasteiger partial charge in [0.05, 0.1) is 5.69 Å². The number of hydrogen-bond donors (Lipinski definition) is 2. The van der Waals surface area contributed by atoms with Gasteiger partial charge >= 0.3 is 0 Å². The van der Waals surface area contributed by atoms with E-state index in [1.54, 1.807) is 42.7 Å². The normalized spacial score (nSPS) is 12.9. The first-order valence-corrected chi connectivity index (χ1v) is 6.00. The van der Waals surface area contributed by atoms with E-state index in [1.165, 1.54) is 0 Å². The summed E-state index contributed by atoms with van der Waals surface area (Å²) in [7, 11) is 0. The minimum absolute atomic E-state index is 0.00441. The van der Waals surface area contributed by atoms with E-state index < -0.39 is 0 Å². The molecule has 1 aliphatic heterocycles. The van der Waals surface area contributed by atoms with E-state index in [9.17, 15) is 9.59 Å². The highest BCUT2D eigenvalue weighted by atomic mass is 16.5. The molecule has 0 unspecified atom stereocenters. The minimum Gasteiger partial charge on any atom is -0.482 e. The maximum absolute atomic E-state index is 12.1. The number of aromatic nitrogens is 1. The molecule has 0 spiro atoms. The highest BCUT2D eigenvalue weighted by Crippen LogP contribution is 2.28. The molecular weight excluding hydrogens is 258 g/mol. The lowest BCUT2D eigenvalue weighted by Gasteiger charge is -2.18. The number of hydrogen-bond acceptors (Lipinski definition) is 4. The van der Waals surface area contributed by atoms with E-state index in [2.05, 4.69) is 15.6 Å². The number of carbonyl (C=O) groups excluding carboxylic acids is 2. The van der Waals surface area contributed by atoms with Crippen LogP contribution in [0.15, 0.2) is 42.7 Å². The Labute approximate surface area is 114 Å². The maximum atomic E-state index is 12.1. The molecule has 2 amide bonds. The summed E-state index contributed by atoms with van der Waals surface area (Å²) in [6.07, 6.45) is 3.19. The molecule has 1 aromatic carbocycles. The van der Waals surface area contributed by atoms with E-state index in [4.69, 9.17) is 4.74 Å². The number of benzene rings is 1. The molecule has 0 bridgehead atoms. The van der Waals surface area contributed by atoms with Crippen LogP contribution in [0.5, 0.6) is 5.75 Å². The summed E-state index contributed by atoms with van der Waals surface area (Å²) < 4.78 is 5.24. The molecule has 2 N–H and O–H groups in total. The number of ether oxygens (including phenoxy) is 1. The van der Waals surface area contributed by atoms with Gasteiger partial charge in [-0.05, 0) is 30.3 Å². The Morgan fingerprint density at radius 3 is 2.85 bits per heavy atom. The average molecular weight is 269 g/mol. The molecule has 20 heavy (non-hydrogen) atoms. The Hall–Kier alpha value is -2.89. The van der Waals surface area contributed by atoms with Crippen molar-refractivity contribution in [2.45, 2.75) is 0 Å². The van der Waals surface area contributed by atoms with Crippen LogP contribution in [0.3, 0.4) is 0 Å². The van der Waals surface area contributed by atoms with Crippen LogP contribution < -0.4 is 15.4 Å². The predicted octanol–water partition coefficient (Wildman–Crippen LogP) is 1.66. The molecule has 3 rings (SSSR count). The lowest BCUT2D eigenvalue weighted by atomic mass is 10.1. The Balaban J connectivity index is 1.82. The number of rotatable bonds is 2. The van der Waals surface area contributed by atoms with Gasteiger partial charge in [0.2, 0.25) is 0 Å². The molecule has 2 aromatic rings. The fraction of sp³-hybridized carbons (Fsp3) is 0.0714. The molecule has 100 valence electrons.